The van der Waals surface area contributed by atoms with Crippen LogP contribution in [0.2, 0.25) is 0 Å². The molecule has 1 aromatic heterocycles. The van der Waals surface area contributed by atoms with E-state index in [0.717, 1.165) is 48.6 Å². The fraction of sp³-hybridized carbons (Fsp3) is 0.364. The molecule has 0 atom stereocenters. The van der Waals surface area contributed by atoms with Crippen LogP contribution in [0.15, 0.2) is 48.5 Å². The number of hydrogen-bond donors (Lipinski definition) is 2. The van der Waals surface area contributed by atoms with E-state index >= 15 is 0 Å². The second-order valence-electron chi connectivity index (χ2n) is 7.71. The minimum Gasteiger partial charge on any atom is -0.334 e. The van der Waals surface area contributed by atoms with Crippen LogP contribution in [0.25, 0.3) is 11.4 Å². The number of aromatic nitrogens is 4. The highest BCUT2D eigenvalue weighted by molar-refractivity contribution is 5.89. The molecule has 0 bridgehead atoms. The van der Waals surface area contributed by atoms with Crippen molar-refractivity contribution in [3.63, 3.8) is 0 Å². The topological polar surface area (TPSA) is 88.0 Å². The second-order valence-corrected chi connectivity index (χ2v) is 7.71. The summed E-state index contributed by atoms with van der Waals surface area (Å²) in [6.07, 6.45) is 2.24. The van der Waals surface area contributed by atoms with E-state index in [0.29, 0.717) is 12.6 Å². The summed E-state index contributed by atoms with van der Waals surface area (Å²) in [6, 6.07) is 16.0. The highest BCUT2D eigenvalue weighted by Crippen LogP contribution is 2.36. The molecule has 0 unspecified atom stereocenters. The van der Waals surface area contributed by atoms with Crippen molar-refractivity contribution >= 4 is 11.7 Å². The first-order valence-electron chi connectivity index (χ1n) is 10.3. The van der Waals surface area contributed by atoms with Gasteiger partial charge in [-0.3, -0.25) is 0 Å². The molecule has 2 aromatic carbocycles. The third-order valence-electron chi connectivity index (χ3n) is 5.22. The van der Waals surface area contributed by atoms with Gasteiger partial charge in [0.05, 0.1) is 6.04 Å². The Labute approximate surface area is 176 Å². The first kappa shape index (κ1) is 20.0. The molecule has 156 valence electrons. The zero-order chi connectivity index (χ0) is 20.9. The summed E-state index contributed by atoms with van der Waals surface area (Å²) in [5.74, 6) is 0.766. The van der Waals surface area contributed by atoms with Gasteiger partial charge in [-0.2, -0.15) is 0 Å². The molecular weight excluding hydrogens is 378 g/mol. The summed E-state index contributed by atoms with van der Waals surface area (Å²) in [5.41, 5.74) is 3.98. The Hall–Kier alpha value is -3.26. The van der Waals surface area contributed by atoms with Crippen LogP contribution in [0.4, 0.5) is 10.5 Å². The van der Waals surface area contributed by atoms with Crippen LogP contribution < -0.4 is 10.6 Å². The Kier molecular flexibility index (Phi) is 6.04. The third kappa shape index (κ3) is 5.01. The van der Waals surface area contributed by atoms with Gasteiger partial charge in [-0.25, -0.2) is 9.48 Å². The normalized spacial score (nSPS) is 13.4. The lowest BCUT2D eigenvalue weighted by Gasteiger charge is -2.14. The summed E-state index contributed by atoms with van der Waals surface area (Å²) in [6.45, 7) is 4.51. The van der Waals surface area contributed by atoms with Crippen LogP contribution in [0.1, 0.15) is 36.9 Å². The van der Waals surface area contributed by atoms with Crippen molar-refractivity contribution in [2.24, 2.45) is 0 Å². The van der Waals surface area contributed by atoms with Gasteiger partial charge in [-0.05, 0) is 72.3 Å². The van der Waals surface area contributed by atoms with Crippen molar-refractivity contribution in [2.75, 3.05) is 18.9 Å². The number of nitrogens with one attached hydrogen (secondary N) is 2. The Morgan fingerprint density at radius 1 is 1.17 bits per heavy atom. The van der Waals surface area contributed by atoms with E-state index in [1.165, 1.54) is 5.56 Å². The number of urea groups is 1. The molecule has 1 heterocycles. The highest BCUT2D eigenvalue weighted by atomic mass is 16.2. The quantitative estimate of drug-likeness (QED) is 0.599. The fourth-order valence-electron chi connectivity index (χ4n) is 3.27. The lowest BCUT2D eigenvalue weighted by atomic mass is 10.1. The summed E-state index contributed by atoms with van der Waals surface area (Å²) in [4.78, 5) is 14.5. The maximum Gasteiger partial charge on any atom is 0.319 e. The molecule has 0 aliphatic heterocycles. The molecule has 1 aliphatic rings. The van der Waals surface area contributed by atoms with E-state index in [1.54, 1.807) is 0 Å². The van der Waals surface area contributed by atoms with Crippen LogP contribution in [0, 0.1) is 0 Å². The molecule has 2 N–H and O–H groups in total. The van der Waals surface area contributed by atoms with Crippen LogP contribution >= 0.6 is 0 Å². The molecule has 1 saturated carbocycles. The van der Waals surface area contributed by atoms with E-state index in [4.69, 9.17) is 0 Å². The minimum atomic E-state index is -0.235. The molecule has 4 rings (SSSR count). The second kappa shape index (κ2) is 9.04. The molecule has 3 aromatic rings. The van der Waals surface area contributed by atoms with Crippen molar-refractivity contribution in [1.29, 1.82) is 0 Å². The van der Waals surface area contributed by atoms with E-state index in [-0.39, 0.29) is 6.03 Å². The van der Waals surface area contributed by atoms with Crippen molar-refractivity contribution in [2.45, 2.75) is 38.9 Å². The molecule has 0 saturated heterocycles. The predicted octanol–water partition coefficient (Wildman–Crippen LogP) is 3.45. The zero-order valence-corrected chi connectivity index (χ0v) is 17.4. The Bertz CT molecular complexity index is 995. The summed E-state index contributed by atoms with van der Waals surface area (Å²) >= 11 is 0. The SMILES string of the molecule is CCN(C)Cc1cccc(CNC(=O)Nc2ccc(-c3nnnn3C3CC3)cc2)c1. The molecule has 8 heteroatoms. The predicted molar refractivity (Wildman–Crippen MR) is 116 cm³/mol. The summed E-state index contributed by atoms with van der Waals surface area (Å²) in [7, 11) is 2.09. The molecule has 0 radical (unpaired) electrons. The molecular formula is C22H27N7O. The largest absolute Gasteiger partial charge is 0.334 e. The van der Waals surface area contributed by atoms with Crippen molar-refractivity contribution in [1.82, 2.24) is 30.4 Å². The Balaban J connectivity index is 1.31. The number of anilines is 1. The lowest BCUT2D eigenvalue weighted by Crippen LogP contribution is -2.28. The smallest absolute Gasteiger partial charge is 0.319 e. The highest BCUT2D eigenvalue weighted by Gasteiger charge is 2.28. The van der Waals surface area contributed by atoms with Gasteiger partial charge in [0.1, 0.15) is 0 Å². The molecule has 1 aliphatic carbocycles. The summed E-state index contributed by atoms with van der Waals surface area (Å²) in [5, 5.41) is 17.8. The van der Waals surface area contributed by atoms with Crippen LogP contribution in [-0.2, 0) is 13.1 Å². The fourth-order valence-corrected chi connectivity index (χ4v) is 3.27. The van der Waals surface area contributed by atoms with Crippen molar-refractivity contribution in [3.8, 4) is 11.4 Å². The van der Waals surface area contributed by atoms with E-state index in [1.807, 2.05) is 41.1 Å². The van der Waals surface area contributed by atoms with Crippen LogP contribution in [0.3, 0.4) is 0 Å². The van der Waals surface area contributed by atoms with Gasteiger partial charge < -0.3 is 15.5 Å². The first-order chi connectivity index (χ1) is 14.6. The molecule has 1 fully saturated rings. The van der Waals surface area contributed by atoms with Crippen molar-refractivity contribution in [3.05, 3.63) is 59.7 Å². The van der Waals surface area contributed by atoms with Crippen LogP contribution in [-0.4, -0.2) is 44.7 Å². The van der Waals surface area contributed by atoms with Gasteiger partial charge in [0.2, 0.25) is 0 Å². The lowest BCUT2D eigenvalue weighted by molar-refractivity contribution is 0.251. The minimum absolute atomic E-state index is 0.235. The van der Waals surface area contributed by atoms with Gasteiger partial charge in [-0.1, -0.05) is 31.2 Å². The number of hydrogen-bond acceptors (Lipinski definition) is 5. The van der Waals surface area contributed by atoms with E-state index < -0.39 is 0 Å². The van der Waals surface area contributed by atoms with E-state index in [2.05, 4.69) is 57.2 Å². The molecule has 8 nitrogen and oxygen atoms in total. The van der Waals surface area contributed by atoms with Crippen molar-refractivity contribution < 1.29 is 4.79 Å². The molecule has 30 heavy (non-hydrogen) atoms. The standard InChI is InChI=1S/C22H27N7O/c1-3-28(2)15-17-6-4-5-16(13-17)14-23-22(30)24-19-9-7-18(8-10-19)21-25-26-27-29(21)20-11-12-20/h4-10,13,20H,3,11-12,14-15H2,1-2H3,(H2,23,24,30). The van der Waals surface area contributed by atoms with Gasteiger partial charge in [0.15, 0.2) is 5.82 Å². The Morgan fingerprint density at radius 2 is 1.93 bits per heavy atom. The first-order valence-corrected chi connectivity index (χ1v) is 10.3. The molecule has 0 spiro atoms. The van der Waals surface area contributed by atoms with Gasteiger partial charge in [0, 0.05) is 24.3 Å². The average molecular weight is 406 g/mol. The number of rotatable bonds is 8. The van der Waals surface area contributed by atoms with Gasteiger partial charge >= 0.3 is 6.03 Å². The monoisotopic (exact) mass is 405 g/mol. The van der Waals surface area contributed by atoms with Gasteiger partial charge in [0.25, 0.3) is 0 Å². The third-order valence-corrected chi connectivity index (χ3v) is 5.22. The van der Waals surface area contributed by atoms with E-state index in [9.17, 15) is 4.79 Å². The number of amides is 2. The maximum absolute atomic E-state index is 12.3. The number of carbonyl (C=O) groups is 1. The number of carbonyl (C=O) groups excluding carboxylic acids is 1. The summed E-state index contributed by atoms with van der Waals surface area (Å²) < 4.78 is 1.88. The number of tetrazole rings is 1. The maximum atomic E-state index is 12.3. The number of benzene rings is 2. The molecule has 2 amide bonds. The average Bonchev–Trinajstić information content (AvgIpc) is 3.49. The Morgan fingerprint density at radius 3 is 2.67 bits per heavy atom. The zero-order valence-electron chi connectivity index (χ0n) is 17.4. The van der Waals surface area contributed by atoms with Gasteiger partial charge in [-0.15, -0.1) is 5.10 Å². The number of nitrogens with zero attached hydrogens (tertiary/aromatic N) is 5. The van der Waals surface area contributed by atoms with Crippen LogP contribution in [0.5, 0.6) is 0 Å².